The van der Waals surface area contributed by atoms with Gasteiger partial charge in [-0.1, -0.05) is 19.3 Å². The molecule has 0 rings (SSSR count). The number of rotatable bonds is 9. The van der Waals surface area contributed by atoms with Crippen molar-refractivity contribution in [3.8, 4) is 12.3 Å². The highest BCUT2D eigenvalue weighted by atomic mass is 16.7. The Balaban J connectivity index is 2.80. The molecule has 0 fully saturated rings. The average Bonchev–Trinajstić information content (AvgIpc) is 2.16. The van der Waals surface area contributed by atoms with E-state index in [0.29, 0.717) is 6.79 Å². The van der Waals surface area contributed by atoms with Gasteiger partial charge in [-0.3, -0.25) is 0 Å². The van der Waals surface area contributed by atoms with Gasteiger partial charge in [-0.05, 0) is 12.8 Å². The van der Waals surface area contributed by atoms with Crippen molar-refractivity contribution in [3.05, 3.63) is 0 Å². The van der Waals surface area contributed by atoms with E-state index >= 15 is 0 Å². The van der Waals surface area contributed by atoms with Crippen molar-refractivity contribution >= 4 is 0 Å². The normalized spacial score (nSPS) is 9.85. The molecule has 13 heavy (non-hydrogen) atoms. The summed E-state index contributed by atoms with van der Waals surface area (Å²) in [4.78, 5) is 0. The third-order valence-electron chi connectivity index (χ3n) is 1.81. The molecule has 0 aliphatic rings. The molecule has 0 bridgehead atoms. The fraction of sp³-hybridized carbons (Fsp3) is 0.818. The van der Waals surface area contributed by atoms with Crippen molar-refractivity contribution in [1.29, 1.82) is 0 Å². The van der Waals surface area contributed by atoms with Crippen LogP contribution in [0.4, 0.5) is 0 Å². The molecule has 2 nitrogen and oxygen atoms in total. The van der Waals surface area contributed by atoms with Crippen LogP contribution in [0.5, 0.6) is 0 Å². The summed E-state index contributed by atoms with van der Waals surface area (Å²) in [6.07, 6.45) is 12.1. The summed E-state index contributed by atoms with van der Waals surface area (Å²) in [6.45, 7) is 1.22. The van der Waals surface area contributed by atoms with Gasteiger partial charge in [0, 0.05) is 20.1 Å². The highest BCUT2D eigenvalue weighted by Crippen LogP contribution is 2.04. The van der Waals surface area contributed by atoms with Crippen LogP contribution in [-0.4, -0.2) is 20.5 Å². The van der Waals surface area contributed by atoms with Crippen LogP contribution in [0.1, 0.15) is 38.5 Å². The van der Waals surface area contributed by atoms with Gasteiger partial charge in [-0.2, -0.15) is 0 Å². The summed E-state index contributed by atoms with van der Waals surface area (Å²) < 4.78 is 9.91. The Kier molecular flexibility index (Phi) is 11.0. The zero-order chi connectivity index (χ0) is 9.78. The standard InChI is InChI=1S/C11H20O2/c1-3-4-5-6-7-8-9-10-13-11-12-2/h1H,4-11H2,2H3. The predicted octanol–water partition coefficient (Wildman–Crippen LogP) is 2.58. The Morgan fingerprint density at radius 1 is 1.08 bits per heavy atom. The fourth-order valence-corrected chi connectivity index (χ4v) is 1.10. The first kappa shape index (κ1) is 12.5. The van der Waals surface area contributed by atoms with E-state index in [1.165, 1.54) is 19.3 Å². The van der Waals surface area contributed by atoms with E-state index in [2.05, 4.69) is 5.92 Å². The quantitative estimate of drug-likeness (QED) is 0.311. The Bertz CT molecular complexity index is 127. The number of unbranched alkanes of at least 4 members (excludes halogenated alkanes) is 5. The summed E-state index contributed by atoms with van der Waals surface area (Å²) in [5.41, 5.74) is 0. The second-order valence-corrected chi connectivity index (χ2v) is 3.04. The van der Waals surface area contributed by atoms with Crippen LogP contribution < -0.4 is 0 Å². The third kappa shape index (κ3) is 11.5. The van der Waals surface area contributed by atoms with E-state index in [1.54, 1.807) is 7.11 Å². The van der Waals surface area contributed by atoms with E-state index in [4.69, 9.17) is 15.9 Å². The van der Waals surface area contributed by atoms with Gasteiger partial charge in [0.05, 0.1) is 0 Å². The van der Waals surface area contributed by atoms with Gasteiger partial charge in [0.15, 0.2) is 0 Å². The maximum absolute atomic E-state index is 5.16. The number of ether oxygens (including phenoxy) is 2. The zero-order valence-electron chi connectivity index (χ0n) is 8.55. The molecular formula is C11H20O2. The van der Waals surface area contributed by atoms with Gasteiger partial charge in [-0.15, -0.1) is 12.3 Å². The predicted molar refractivity (Wildman–Crippen MR) is 54.4 cm³/mol. The Labute approximate surface area is 81.6 Å². The highest BCUT2D eigenvalue weighted by Gasteiger charge is 1.90. The molecule has 76 valence electrons. The molecular weight excluding hydrogens is 164 g/mol. The van der Waals surface area contributed by atoms with Crippen LogP contribution >= 0.6 is 0 Å². The summed E-state index contributed by atoms with van der Waals surface area (Å²) >= 11 is 0. The minimum atomic E-state index is 0.414. The van der Waals surface area contributed by atoms with Crippen LogP contribution in [0.25, 0.3) is 0 Å². The van der Waals surface area contributed by atoms with Crippen molar-refractivity contribution in [2.75, 3.05) is 20.5 Å². The maximum Gasteiger partial charge on any atom is 0.146 e. The van der Waals surface area contributed by atoms with Crippen LogP contribution in [-0.2, 0) is 9.47 Å². The summed E-state index contributed by atoms with van der Waals surface area (Å²) in [5, 5.41) is 0. The largest absolute Gasteiger partial charge is 0.359 e. The molecule has 0 radical (unpaired) electrons. The molecule has 0 aromatic heterocycles. The molecule has 0 saturated carbocycles. The van der Waals surface area contributed by atoms with Crippen molar-refractivity contribution in [3.63, 3.8) is 0 Å². The van der Waals surface area contributed by atoms with Crippen LogP contribution in [0.15, 0.2) is 0 Å². The maximum atomic E-state index is 5.16. The molecule has 0 aromatic rings. The number of methoxy groups -OCH3 is 1. The Morgan fingerprint density at radius 3 is 2.46 bits per heavy atom. The van der Waals surface area contributed by atoms with Crippen molar-refractivity contribution in [1.82, 2.24) is 0 Å². The second kappa shape index (κ2) is 11.5. The topological polar surface area (TPSA) is 18.5 Å². The van der Waals surface area contributed by atoms with E-state index in [-0.39, 0.29) is 0 Å². The molecule has 0 aromatic carbocycles. The van der Waals surface area contributed by atoms with Gasteiger partial charge < -0.3 is 9.47 Å². The van der Waals surface area contributed by atoms with Crippen molar-refractivity contribution < 1.29 is 9.47 Å². The summed E-state index contributed by atoms with van der Waals surface area (Å²) in [6, 6.07) is 0. The van der Waals surface area contributed by atoms with E-state index in [0.717, 1.165) is 25.9 Å². The smallest absolute Gasteiger partial charge is 0.146 e. The molecule has 0 spiro atoms. The van der Waals surface area contributed by atoms with Gasteiger partial charge in [0.1, 0.15) is 6.79 Å². The van der Waals surface area contributed by atoms with E-state index in [9.17, 15) is 0 Å². The first-order chi connectivity index (χ1) is 6.41. The molecule has 0 atom stereocenters. The number of terminal acetylenes is 1. The lowest BCUT2D eigenvalue weighted by atomic mass is 10.1. The van der Waals surface area contributed by atoms with Gasteiger partial charge in [-0.25, -0.2) is 0 Å². The Morgan fingerprint density at radius 2 is 1.77 bits per heavy atom. The molecule has 0 N–H and O–H groups in total. The van der Waals surface area contributed by atoms with Crippen molar-refractivity contribution in [2.45, 2.75) is 38.5 Å². The summed E-state index contributed by atoms with van der Waals surface area (Å²) in [5.74, 6) is 2.65. The molecule has 0 unspecified atom stereocenters. The van der Waals surface area contributed by atoms with Crippen LogP contribution in [0.3, 0.4) is 0 Å². The first-order valence-electron chi connectivity index (χ1n) is 4.92. The molecule has 2 heteroatoms. The molecule has 0 amide bonds. The SMILES string of the molecule is C#CCCCCCCCOCOC. The van der Waals surface area contributed by atoms with Crippen LogP contribution in [0, 0.1) is 12.3 Å². The average molecular weight is 184 g/mol. The van der Waals surface area contributed by atoms with E-state index in [1.807, 2.05) is 0 Å². The van der Waals surface area contributed by atoms with Crippen molar-refractivity contribution in [2.24, 2.45) is 0 Å². The molecule has 0 saturated heterocycles. The lowest BCUT2D eigenvalue weighted by Crippen LogP contribution is -1.98. The number of hydrogen-bond donors (Lipinski definition) is 0. The highest BCUT2D eigenvalue weighted by molar-refractivity contribution is 4.82. The minimum absolute atomic E-state index is 0.414. The fourth-order valence-electron chi connectivity index (χ4n) is 1.10. The van der Waals surface area contributed by atoms with Gasteiger partial charge in [0.25, 0.3) is 0 Å². The summed E-state index contributed by atoms with van der Waals surface area (Å²) in [7, 11) is 1.64. The minimum Gasteiger partial charge on any atom is -0.359 e. The molecule has 0 heterocycles. The monoisotopic (exact) mass is 184 g/mol. The third-order valence-corrected chi connectivity index (χ3v) is 1.81. The lowest BCUT2D eigenvalue weighted by molar-refractivity contribution is -0.0315. The molecule has 0 aliphatic heterocycles. The molecule has 0 aliphatic carbocycles. The van der Waals surface area contributed by atoms with Crippen LogP contribution in [0.2, 0.25) is 0 Å². The lowest BCUT2D eigenvalue weighted by Gasteiger charge is -2.02. The number of hydrogen-bond acceptors (Lipinski definition) is 2. The van der Waals surface area contributed by atoms with Gasteiger partial charge in [0.2, 0.25) is 0 Å². The second-order valence-electron chi connectivity index (χ2n) is 3.04. The Hall–Kier alpha value is -0.520. The van der Waals surface area contributed by atoms with E-state index < -0.39 is 0 Å². The first-order valence-corrected chi connectivity index (χ1v) is 4.92. The van der Waals surface area contributed by atoms with Gasteiger partial charge >= 0.3 is 0 Å². The zero-order valence-corrected chi connectivity index (χ0v) is 8.55.